The van der Waals surface area contributed by atoms with Gasteiger partial charge >= 0.3 is 0 Å². The smallest absolute Gasteiger partial charge is 0.194 e. The van der Waals surface area contributed by atoms with Crippen molar-refractivity contribution in [3.8, 4) is 0 Å². The zero-order chi connectivity index (χ0) is 13.9. The molecule has 0 atom stereocenters. The lowest BCUT2D eigenvalue weighted by molar-refractivity contribution is -0.00697. The minimum Gasteiger partial charge on any atom is -0.370 e. The van der Waals surface area contributed by atoms with E-state index in [0.717, 1.165) is 43.9 Å². The predicted molar refractivity (Wildman–Crippen MR) is 68.1 cm³/mol. The molecule has 1 aliphatic rings. The van der Waals surface area contributed by atoms with Crippen molar-refractivity contribution in [2.45, 2.75) is 44.1 Å². The number of carbonyl (C=O) groups is 1. The van der Waals surface area contributed by atoms with Crippen LogP contribution in [0.15, 0.2) is 18.2 Å². The molecule has 1 aromatic rings. The SMILES string of the molecule is COC1(C(=O)c2cc(F)cc(F)c2)CCCCCC1. The van der Waals surface area contributed by atoms with E-state index in [1.807, 2.05) is 0 Å². The van der Waals surface area contributed by atoms with Crippen molar-refractivity contribution in [3.05, 3.63) is 35.4 Å². The first-order valence-corrected chi connectivity index (χ1v) is 6.63. The van der Waals surface area contributed by atoms with Crippen LogP contribution in [0.5, 0.6) is 0 Å². The Bertz CT molecular complexity index is 443. The van der Waals surface area contributed by atoms with Crippen molar-refractivity contribution in [2.24, 2.45) is 0 Å². The number of methoxy groups -OCH3 is 1. The molecule has 0 unspecified atom stereocenters. The molecule has 19 heavy (non-hydrogen) atoms. The van der Waals surface area contributed by atoms with Crippen LogP contribution in [0.2, 0.25) is 0 Å². The lowest BCUT2D eigenvalue weighted by Crippen LogP contribution is -2.40. The summed E-state index contributed by atoms with van der Waals surface area (Å²) < 4.78 is 31.9. The van der Waals surface area contributed by atoms with Crippen LogP contribution >= 0.6 is 0 Å². The van der Waals surface area contributed by atoms with Crippen LogP contribution < -0.4 is 0 Å². The molecular weight excluding hydrogens is 250 g/mol. The predicted octanol–water partition coefficient (Wildman–Crippen LogP) is 3.89. The largest absolute Gasteiger partial charge is 0.370 e. The topological polar surface area (TPSA) is 26.3 Å². The van der Waals surface area contributed by atoms with E-state index in [2.05, 4.69) is 0 Å². The van der Waals surface area contributed by atoms with Gasteiger partial charge in [0.05, 0.1) is 0 Å². The molecule has 0 aromatic heterocycles. The average Bonchev–Trinajstić information content (AvgIpc) is 2.63. The standard InChI is InChI=1S/C15H18F2O2/c1-19-15(6-4-2-3-5-7-15)14(18)11-8-12(16)10-13(17)9-11/h8-10H,2-7H2,1H3. The third-order valence-corrected chi connectivity index (χ3v) is 3.84. The van der Waals surface area contributed by atoms with Crippen LogP contribution in [0.25, 0.3) is 0 Å². The fourth-order valence-electron chi connectivity index (χ4n) is 2.77. The monoisotopic (exact) mass is 268 g/mol. The fraction of sp³-hybridized carbons (Fsp3) is 0.533. The van der Waals surface area contributed by atoms with Gasteiger partial charge in [0.15, 0.2) is 5.78 Å². The van der Waals surface area contributed by atoms with Gasteiger partial charge in [0.1, 0.15) is 17.2 Å². The minimum atomic E-state index is -0.920. The van der Waals surface area contributed by atoms with Crippen LogP contribution in [0.3, 0.4) is 0 Å². The number of benzene rings is 1. The van der Waals surface area contributed by atoms with Gasteiger partial charge in [-0.15, -0.1) is 0 Å². The van der Waals surface area contributed by atoms with E-state index in [9.17, 15) is 13.6 Å². The van der Waals surface area contributed by atoms with Crippen LogP contribution in [-0.4, -0.2) is 18.5 Å². The van der Waals surface area contributed by atoms with Crippen LogP contribution in [0.1, 0.15) is 48.9 Å². The molecule has 0 saturated heterocycles. The van der Waals surface area contributed by atoms with Crippen LogP contribution in [0.4, 0.5) is 8.78 Å². The molecule has 2 rings (SSSR count). The van der Waals surface area contributed by atoms with E-state index in [1.165, 1.54) is 7.11 Å². The van der Waals surface area contributed by atoms with Crippen LogP contribution in [-0.2, 0) is 4.74 Å². The zero-order valence-electron chi connectivity index (χ0n) is 11.0. The third-order valence-electron chi connectivity index (χ3n) is 3.84. The molecule has 1 aromatic carbocycles. The zero-order valence-corrected chi connectivity index (χ0v) is 11.0. The van der Waals surface area contributed by atoms with E-state index in [1.54, 1.807) is 0 Å². The molecule has 0 amide bonds. The van der Waals surface area contributed by atoms with Crippen molar-refractivity contribution < 1.29 is 18.3 Å². The lowest BCUT2D eigenvalue weighted by atomic mass is 9.85. The van der Waals surface area contributed by atoms with Crippen molar-refractivity contribution in [1.82, 2.24) is 0 Å². The molecule has 1 aliphatic carbocycles. The molecular formula is C15H18F2O2. The number of Topliss-reactive ketones (excluding diaryl/α,β-unsaturated/α-hetero) is 1. The summed E-state index contributed by atoms with van der Waals surface area (Å²) in [5.74, 6) is -1.78. The van der Waals surface area contributed by atoms with Crippen molar-refractivity contribution in [3.63, 3.8) is 0 Å². The summed E-state index contributed by atoms with van der Waals surface area (Å²) in [6, 6.07) is 2.93. The Morgan fingerprint density at radius 3 is 2.05 bits per heavy atom. The van der Waals surface area contributed by atoms with Gasteiger partial charge in [0.25, 0.3) is 0 Å². The highest BCUT2D eigenvalue weighted by Crippen LogP contribution is 2.33. The van der Waals surface area contributed by atoms with Crippen molar-refractivity contribution in [1.29, 1.82) is 0 Å². The Labute approximate surface area is 111 Å². The van der Waals surface area contributed by atoms with Crippen molar-refractivity contribution >= 4 is 5.78 Å². The van der Waals surface area contributed by atoms with E-state index in [4.69, 9.17) is 4.74 Å². The Balaban J connectivity index is 2.33. The highest BCUT2D eigenvalue weighted by Gasteiger charge is 2.39. The van der Waals surface area contributed by atoms with Crippen molar-refractivity contribution in [2.75, 3.05) is 7.11 Å². The third kappa shape index (κ3) is 3.00. The Kier molecular flexibility index (Phi) is 4.30. The first-order valence-electron chi connectivity index (χ1n) is 6.63. The van der Waals surface area contributed by atoms with Gasteiger partial charge in [0.2, 0.25) is 0 Å². The second-order valence-corrected chi connectivity index (χ2v) is 5.10. The number of ketones is 1. The summed E-state index contributed by atoms with van der Waals surface area (Å²) in [4.78, 5) is 12.6. The van der Waals surface area contributed by atoms with Gasteiger partial charge in [-0.1, -0.05) is 25.7 Å². The maximum absolute atomic E-state index is 13.2. The molecule has 2 nitrogen and oxygen atoms in total. The second-order valence-electron chi connectivity index (χ2n) is 5.10. The van der Waals surface area contributed by atoms with Gasteiger partial charge < -0.3 is 4.74 Å². The van der Waals surface area contributed by atoms with E-state index >= 15 is 0 Å². The minimum absolute atomic E-state index is 0.0567. The number of ether oxygens (including phenoxy) is 1. The van der Waals surface area contributed by atoms with E-state index in [0.29, 0.717) is 12.8 Å². The highest BCUT2D eigenvalue weighted by atomic mass is 19.1. The molecule has 1 fully saturated rings. The molecule has 4 heteroatoms. The molecule has 1 saturated carbocycles. The molecule has 0 radical (unpaired) electrons. The average molecular weight is 268 g/mol. The number of hydrogen-bond donors (Lipinski definition) is 0. The van der Waals surface area contributed by atoms with Gasteiger partial charge in [-0.3, -0.25) is 4.79 Å². The summed E-state index contributed by atoms with van der Waals surface area (Å²) >= 11 is 0. The van der Waals surface area contributed by atoms with E-state index < -0.39 is 17.2 Å². The van der Waals surface area contributed by atoms with Gasteiger partial charge in [-0.05, 0) is 25.0 Å². The lowest BCUT2D eigenvalue weighted by Gasteiger charge is -2.29. The Morgan fingerprint density at radius 2 is 1.58 bits per heavy atom. The highest BCUT2D eigenvalue weighted by molar-refractivity contribution is 6.02. The second kappa shape index (κ2) is 5.78. The number of hydrogen-bond acceptors (Lipinski definition) is 2. The molecule has 0 bridgehead atoms. The first-order chi connectivity index (χ1) is 9.07. The quantitative estimate of drug-likeness (QED) is 0.614. The van der Waals surface area contributed by atoms with Crippen LogP contribution in [0, 0.1) is 11.6 Å². The summed E-state index contributed by atoms with van der Waals surface area (Å²) in [6.45, 7) is 0. The summed E-state index contributed by atoms with van der Waals surface area (Å²) in [5.41, 5.74) is -0.863. The molecule has 104 valence electrons. The van der Waals surface area contributed by atoms with Gasteiger partial charge in [-0.2, -0.15) is 0 Å². The van der Waals surface area contributed by atoms with E-state index in [-0.39, 0.29) is 11.3 Å². The molecule has 0 heterocycles. The summed E-state index contributed by atoms with van der Waals surface area (Å²) in [6.07, 6.45) is 5.15. The first kappa shape index (κ1) is 14.1. The number of halogens is 2. The fourth-order valence-corrected chi connectivity index (χ4v) is 2.77. The maximum Gasteiger partial charge on any atom is 0.194 e. The molecule has 0 N–H and O–H groups in total. The van der Waals surface area contributed by atoms with Gasteiger partial charge in [0, 0.05) is 18.7 Å². The Hall–Kier alpha value is -1.29. The summed E-state index contributed by atoms with van der Waals surface area (Å²) in [5, 5.41) is 0. The number of carbonyl (C=O) groups excluding carboxylic acids is 1. The van der Waals surface area contributed by atoms with Gasteiger partial charge in [-0.25, -0.2) is 8.78 Å². The normalized spacial score (nSPS) is 18.9. The number of rotatable bonds is 3. The Morgan fingerprint density at radius 1 is 1.05 bits per heavy atom. The molecule has 0 aliphatic heterocycles. The maximum atomic E-state index is 13.2. The summed E-state index contributed by atoms with van der Waals surface area (Å²) in [7, 11) is 1.50. The molecule has 0 spiro atoms.